The third-order valence-corrected chi connectivity index (χ3v) is 2.92. The van der Waals surface area contributed by atoms with Crippen LogP contribution in [0.3, 0.4) is 0 Å². The maximum atomic E-state index is 12.5. The van der Waals surface area contributed by atoms with Crippen LogP contribution in [-0.4, -0.2) is 28.6 Å². The van der Waals surface area contributed by atoms with E-state index in [2.05, 4.69) is 10.3 Å². The molecule has 1 unspecified atom stereocenters. The number of aliphatic hydroxyl groups is 1. The molecule has 0 saturated carbocycles. The number of aliphatic hydroxyl groups excluding tert-OH is 1. The number of nitrogens with zero attached hydrogens (tertiary/aromatic N) is 1. The first-order chi connectivity index (χ1) is 7.90. The van der Waals surface area contributed by atoms with Crippen molar-refractivity contribution < 1.29 is 23.1 Å². The van der Waals surface area contributed by atoms with Crippen molar-refractivity contribution in [2.24, 2.45) is 0 Å². The summed E-state index contributed by atoms with van der Waals surface area (Å²) in [7, 11) is 0. The molecule has 0 aromatic carbocycles. The van der Waals surface area contributed by atoms with Crippen LogP contribution in [0.5, 0.6) is 0 Å². The number of nitrogens with one attached hydrogen (secondary N) is 1. The highest BCUT2D eigenvalue weighted by Crippen LogP contribution is 2.32. The minimum Gasteiger partial charge on any atom is -0.394 e. The van der Waals surface area contributed by atoms with E-state index in [9.17, 15) is 18.0 Å². The van der Waals surface area contributed by atoms with E-state index in [1.807, 2.05) is 0 Å². The third-order valence-electron chi connectivity index (χ3n) is 2.09. The number of amides is 1. The molecule has 0 fully saturated rings. The van der Waals surface area contributed by atoms with Gasteiger partial charge in [-0.1, -0.05) is 6.92 Å². The minimum atomic E-state index is -4.65. The van der Waals surface area contributed by atoms with Crippen LogP contribution in [0.25, 0.3) is 0 Å². The Labute approximate surface area is 99.5 Å². The molecule has 0 aliphatic heterocycles. The Hall–Kier alpha value is -1.15. The van der Waals surface area contributed by atoms with Crippen LogP contribution >= 0.6 is 11.3 Å². The lowest BCUT2D eigenvalue weighted by Crippen LogP contribution is -2.37. The Morgan fingerprint density at radius 3 is 2.76 bits per heavy atom. The second-order valence-corrected chi connectivity index (χ2v) is 4.14. The van der Waals surface area contributed by atoms with Crippen LogP contribution in [0.15, 0.2) is 5.51 Å². The van der Waals surface area contributed by atoms with Gasteiger partial charge in [0.2, 0.25) is 0 Å². The van der Waals surface area contributed by atoms with Gasteiger partial charge in [0, 0.05) is 0 Å². The molecule has 1 heterocycles. The van der Waals surface area contributed by atoms with Crippen molar-refractivity contribution in [1.29, 1.82) is 0 Å². The first kappa shape index (κ1) is 13.9. The molecule has 1 rings (SSSR count). The smallest absolute Gasteiger partial charge is 0.394 e. The summed E-state index contributed by atoms with van der Waals surface area (Å²) in [5.74, 6) is -0.860. The van der Waals surface area contributed by atoms with Gasteiger partial charge in [-0.25, -0.2) is 4.98 Å². The topological polar surface area (TPSA) is 62.2 Å². The molecule has 0 radical (unpaired) electrons. The van der Waals surface area contributed by atoms with Gasteiger partial charge in [0.25, 0.3) is 5.91 Å². The van der Waals surface area contributed by atoms with E-state index < -0.39 is 28.7 Å². The average Bonchev–Trinajstić information content (AvgIpc) is 2.73. The standard InChI is InChI=1S/C9H11F3N2O2S/c1-2-5(3-15)14-8(16)6-7(9(10,11)12)13-4-17-6/h4-5,15H,2-3H2,1H3,(H,14,16). The molecule has 8 heteroatoms. The molecule has 1 aromatic rings. The molecule has 0 bridgehead atoms. The SMILES string of the molecule is CCC(CO)NC(=O)c1scnc1C(F)(F)F. The molecule has 1 aromatic heterocycles. The molecule has 4 nitrogen and oxygen atoms in total. The van der Waals surface area contributed by atoms with E-state index in [1.54, 1.807) is 6.92 Å². The summed E-state index contributed by atoms with van der Waals surface area (Å²) >= 11 is 0.623. The Bertz CT molecular complexity index is 388. The first-order valence-electron chi connectivity index (χ1n) is 4.82. The number of rotatable bonds is 4. The van der Waals surface area contributed by atoms with Gasteiger partial charge in [0.1, 0.15) is 4.88 Å². The third kappa shape index (κ3) is 3.40. The maximum Gasteiger partial charge on any atom is 0.434 e. The van der Waals surface area contributed by atoms with Gasteiger partial charge >= 0.3 is 6.18 Å². The number of hydrogen-bond donors (Lipinski definition) is 2. The molecule has 1 amide bonds. The fourth-order valence-corrected chi connectivity index (χ4v) is 1.85. The first-order valence-corrected chi connectivity index (χ1v) is 5.70. The number of hydrogen-bond acceptors (Lipinski definition) is 4. The number of alkyl halides is 3. The zero-order valence-electron chi connectivity index (χ0n) is 8.91. The quantitative estimate of drug-likeness (QED) is 0.873. The second kappa shape index (κ2) is 5.46. The average molecular weight is 268 g/mol. The van der Waals surface area contributed by atoms with Crippen molar-refractivity contribution in [3.8, 4) is 0 Å². The highest BCUT2D eigenvalue weighted by Gasteiger charge is 2.38. The number of aromatic nitrogens is 1. The summed E-state index contributed by atoms with van der Waals surface area (Å²) in [6.07, 6.45) is -4.21. The highest BCUT2D eigenvalue weighted by molar-refractivity contribution is 7.11. The van der Waals surface area contributed by atoms with Crippen molar-refractivity contribution >= 4 is 17.2 Å². The number of carbonyl (C=O) groups is 1. The van der Waals surface area contributed by atoms with Gasteiger partial charge in [-0.2, -0.15) is 13.2 Å². The summed E-state index contributed by atoms with van der Waals surface area (Å²) in [4.78, 5) is 14.2. The van der Waals surface area contributed by atoms with E-state index in [4.69, 9.17) is 5.11 Å². The van der Waals surface area contributed by atoms with Gasteiger partial charge in [-0.15, -0.1) is 11.3 Å². The predicted octanol–water partition coefficient (Wildman–Crippen LogP) is 1.66. The van der Waals surface area contributed by atoms with Gasteiger partial charge in [0.05, 0.1) is 18.2 Å². The second-order valence-electron chi connectivity index (χ2n) is 3.29. The van der Waals surface area contributed by atoms with Crippen LogP contribution in [0.2, 0.25) is 0 Å². The van der Waals surface area contributed by atoms with Crippen molar-refractivity contribution in [3.05, 3.63) is 16.1 Å². The Kier molecular flexibility index (Phi) is 4.47. The fraction of sp³-hybridized carbons (Fsp3) is 0.556. The van der Waals surface area contributed by atoms with Crippen LogP contribution in [-0.2, 0) is 6.18 Å². The largest absolute Gasteiger partial charge is 0.434 e. The summed E-state index contributed by atoms with van der Waals surface area (Å²) in [5.41, 5.74) is -0.217. The van der Waals surface area contributed by atoms with E-state index in [0.717, 1.165) is 5.51 Å². The summed E-state index contributed by atoms with van der Waals surface area (Å²) in [6.45, 7) is 1.39. The number of halogens is 3. The van der Waals surface area contributed by atoms with Crippen molar-refractivity contribution in [2.45, 2.75) is 25.6 Å². The monoisotopic (exact) mass is 268 g/mol. The lowest BCUT2D eigenvalue weighted by molar-refractivity contribution is -0.141. The molecular formula is C9H11F3N2O2S. The van der Waals surface area contributed by atoms with Crippen LogP contribution in [0.1, 0.15) is 28.7 Å². The molecule has 96 valence electrons. The van der Waals surface area contributed by atoms with Gasteiger partial charge < -0.3 is 10.4 Å². The summed E-state index contributed by atoms with van der Waals surface area (Å²) < 4.78 is 37.4. The molecular weight excluding hydrogens is 257 g/mol. The lowest BCUT2D eigenvalue weighted by Gasteiger charge is -2.14. The van der Waals surface area contributed by atoms with Crippen LogP contribution in [0, 0.1) is 0 Å². The van der Waals surface area contributed by atoms with Gasteiger partial charge in [0.15, 0.2) is 5.69 Å². The van der Waals surface area contributed by atoms with E-state index in [0.29, 0.717) is 17.8 Å². The molecule has 17 heavy (non-hydrogen) atoms. The predicted molar refractivity (Wildman–Crippen MR) is 55.7 cm³/mol. The van der Waals surface area contributed by atoms with Crippen LogP contribution in [0.4, 0.5) is 13.2 Å². The zero-order valence-corrected chi connectivity index (χ0v) is 9.73. The molecule has 0 aliphatic carbocycles. The van der Waals surface area contributed by atoms with Gasteiger partial charge in [-0.3, -0.25) is 4.79 Å². The van der Waals surface area contributed by atoms with Crippen molar-refractivity contribution in [3.63, 3.8) is 0 Å². The Balaban J connectivity index is 2.87. The summed E-state index contributed by atoms with van der Waals surface area (Å²) in [6, 6.07) is -0.550. The van der Waals surface area contributed by atoms with Crippen LogP contribution < -0.4 is 5.32 Å². The number of thiazole rings is 1. The molecule has 0 aliphatic rings. The Morgan fingerprint density at radius 1 is 1.65 bits per heavy atom. The lowest BCUT2D eigenvalue weighted by atomic mass is 10.2. The summed E-state index contributed by atoms with van der Waals surface area (Å²) in [5, 5.41) is 11.2. The fourth-order valence-electron chi connectivity index (χ4n) is 1.14. The van der Waals surface area contributed by atoms with Gasteiger partial charge in [-0.05, 0) is 6.42 Å². The number of carbonyl (C=O) groups excluding carboxylic acids is 1. The molecule has 1 atom stereocenters. The minimum absolute atomic E-state index is 0.317. The van der Waals surface area contributed by atoms with E-state index >= 15 is 0 Å². The highest BCUT2D eigenvalue weighted by atomic mass is 32.1. The maximum absolute atomic E-state index is 12.5. The molecule has 0 spiro atoms. The zero-order chi connectivity index (χ0) is 13.1. The molecule has 2 N–H and O–H groups in total. The Morgan fingerprint density at radius 2 is 2.29 bits per heavy atom. The van der Waals surface area contributed by atoms with Crippen molar-refractivity contribution in [1.82, 2.24) is 10.3 Å². The van der Waals surface area contributed by atoms with E-state index in [-0.39, 0.29) is 6.61 Å². The molecule has 0 saturated heterocycles. The van der Waals surface area contributed by atoms with E-state index in [1.165, 1.54) is 0 Å². The van der Waals surface area contributed by atoms with Crippen molar-refractivity contribution in [2.75, 3.05) is 6.61 Å². The normalized spacial score (nSPS) is 13.5.